The molecule has 0 aliphatic heterocycles. The highest BCUT2D eigenvalue weighted by molar-refractivity contribution is 9.10. The Balaban J connectivity index is 2.11. The summed E-state index contributed by atoms with van der Waals surface area (Å²) in [4.78, 5) is 11.2. The number of nitrogens with zero attached hydrogens (tertiary/aromatic N) is 2. The third-order valence-electron chi connectivity index (χ3n) is 2.35. The molecule has 2 aromatic rings. The van der Waals surface area contributed by atoms with Crippen molar-refractivity contribution in [2.45, 2.75) is 6.54 Å². The minimum Gasteiger partial charge on any atom is -0.307 e. The van der Waals surface area contributed by atoms with E-state index < -0.39 is 0 Å². The van der Waals surface area contributed by atoms with E-state index in [1.807, 2.05) is 0 Å². The van der Waals surface area contributed by atoms with Crippen LogP contribution in [0.4, 0.5) is 10.2 Å². The summed E-state index contributed by atoms with van der Waals surface area (Å²) in [7, 11) is 0. The van der Waals surface area contributed by atoms with Crippen molar-refractivity contribution in [3.8, 4) is 0 Å². The molecule has 0 fully saturated rings. The Labute approximate surface area is 122 Å². The van der Waals surface area contributed by atoms with Gasteiger partial charge in [0, 0.05) is 6.20 Å². The zero-order chi connectivity index (χ0) is 13.8. The maximum atomic E-state index is 12.8. The van der Waals surface area contributed by atoms with E-state index >= 15 is 0 Å². The number of aromatic nitrogens is 2. The van der Waals surface area contributed by atoms with Crippen LogP contribution in [0.15, 0.2) is 34.9 Å². The Kier molecular flexibility index (Phi) is 4.55. The molecule has 0 aliphatic carbocycles. The lowest BCUT2D eigenvalue weighted by atomic mass is 10.2. The molecular weight excluding hydrogens is 337 g/mol. The molecule has 0 spiro atoms. The van der Waals surface area contributed by atoms with Crippen molar-refractivity contribution in [3.05, 3.63) is 46.3 Å². The van der Waals surface area contributed by atoms with Crippen molar-refractivity contribution in [1.29, 1.82) is 0 Å². The zero-order valence-corrected chi connectivity index (χ0v) is 12.1. The van der Waals surface area contributed by atoms with Gasteiger partial charge < -0.3 is 5.32 Å². The molecule has 1 amide bonds. The van der Waals surface area contributed by atoms with Crippen molar-refractivity contribution >= 4 is 39.3 Å². The number of nitrogens with one attached hydrogen (secondary N) is 1. The summed E-state index contributed by atoms with van der Waals surface area (Å²) in [5.74, 6) is -0.320. The molecule has 0 atom stereocenters. The molecule has 0 radical (unpaired) electrons. The molecule has 1 N–H and O–H groups in total. The summed E-state index contributed by atoms with van der Waals surface area (Å²) in [6.07, 6.45) is 1.73. The van der Waals surface area contributed by atoms with Crippen LogP contribution < -0.4 is 5.32 Å². The van der Waals surface area contributed by atoms with Gasteiger partial charge in [0.1, 0.15) is 11.7 Å². The first-order valence-electron chi connectivity index (χ1n) is 5.41. The van der Waals surface area contributed by atoms with E-state index in [4.69, 9.17) is 11.6 Å². The summed E-state index contributed by atoms with van der Waals surface area (Å²) in [5, 5.41) is 6.77. The number of hydrogen-bond acceptors (Lipinski definition) is 2. The van der Waals surface area contributed by atoms with Crippen LogP contribution in [0.25, 0.3) is 0 Å². The van der Waals surface area contributed by atoms with E-state index in [0.29, 0.717) is 16.8 Å². The lowest BCUT2D eigenvalue weighted by Gasteiger charge is -2.02. The minimum atomic E-state index is -0.325. The summed E-state index contributed by atoms with van der Waals surface area (Å²) in [5.41, 5.74) is 0.909. The largest absolute Gasteiger partial charge is 0.307 e. The van der Waals surface area contributed by atoms with Crippen molar-refractivity contribution in [3.63, 3.8) is 0 Å². The molecule has 7 heteroatoms. The van der Waals surface area contributed by atoms with Gasteiger partial charge in [-0.05, 0) is 33.6 Å². The third-order valence-corrected chi connectivity index (χ3v) is 3.18. The van der Waals surface area contributed by atoms with Crippen LogP contribution in [-0.2, 0) is 11.3 Å². The van der Waals surface area contributed by atoms with Crippen LogP contribution in [0.5, 0.6) is 0 Å². The van der Waals surface area contributed by atoms with Crippen LogP contribution in [0, 0.1) is 5.82 Å². The second kappa shape index (κ2) is 6.16. The van der Waals surface area contributed by atoms with Crippen LogP contribution in [0.3, 0.4) is 0 Å². The van der Waals surface area contributed by atoms with Crippen molar-refractivity contribution in [1.82, 2.24) is 9.78 Å². The van der Waals surface area contributed by atoms with Crippen LogP contribution >= 0.6 is 27.5 Å². The highest BCUT2D eigenvalue weighted by atomic mass is 79.9. The van der Waals surface area contributed by atoms with E-state index in [-0.39, 0.29) is 17.6 Å². The average Bonchev–Trinajstić information content (AvgIpc) is 2.72. The second-order valence-electron chi connectivity index (χ2n) is 3.83. The predicted octanol–water partition coefficient (Wildman–Crippen LogP) is 3.01. The zero-order valence-electron chi connectivity index (χ0n) is 9.74. The van der Waals surface area contributed by atoms with Gasteiger partial charge in [-0.1, -0.05) is 12.1 Å². The van der Waals surface area contributed by atoms with Gasteiger partial charge in [0.2, 0.25) is 5.91 Å². The number of anilines is 1. The smallest absolute Gasteiger partial charge is 0.240 e. The highest BCUT2D eigenvalue weighted by Gasteiger charge is 2.09. The van der Waals surface area contributed by atoms with Crippen molar-refractivity contribution < 1.29 is 9.18 Å². The van der Waals surface area contributed by atoms with Gasteiger partial charge in [-0.15, -0.1) is 11.6 Å². The van der Waals surface area contributed by atoms with Crippen molar-refractivity contribution in [2.24, 2.45) is 0 Å². The normalized spacial score (nSPS) is 10.5. The second-order valence-corrected chi connectivity index (χ2v) is 4.95. The fraction of sp³-hybridized carbons (Fsp3) is 0.167. The number of benzene rings is 1. The predicted molar refractivity (Wildman–Crippen MR) is 74.8 cm³/mol. The first-order valence-corrected chi connectivity index (χ1v) is 6.74. The first-order chi connectivity index (χ1) is 9.08. The molecule has 4 nitrogen and oxygen atoms in total. The lowest BCUT2D eigenvalue weighted by Crippen LogP contribution is -2.13. The molecule has 2 rings (SSSR count). The molecule has 1 aromatic heterocycles. The molecule has 1 heterocycles. The third kappa shape index (κ3) is 3.78. The molecule has 0 saturated carbocycles. The number of alkyl halides is 1. The number of rotatable bonds is 4. The quantitative estimate of drug-likeness (QED) is 0.865. The molecule has 0 saturated heterocycles. The molecule has 100 valence electrons. The average molecular weight is 347 g/mol. The maximum Gasteiger partial charge on any atom is 0.240 e. The Morgan fingerprint density at radius 3 is 2.74 bits per heavy atom. The van der Waals surface area contributed by atoms with Gasteiger partial charge in [-0.25, -0.2) is 4.39 Å². The van der Waals surface area contributed by atoms with E-state index in [9.17, 15) is 9.18 Å². The topological polar surface area (TPSA) is 46.9 Å². The van der Waals surface area contributed by atoms with Crippen LogP contribution in [0.1, 0.15) is 5.56 Å². The number of hydrogen-bond donors (Lipinski definition) is 1. The van der Waals surface area contributed by atoms with Crippen LogP contribution in [0.2, 0.25) is 0 Å². The van der Waals surface area contributed by atoms with Gasteiger partial charge in [0.25, 0.3) is 0 Å². The number of amides is 1. The fourth-order valence-corrected chi connectivity index (χ4v) is 1.99. The molecule has 0 unspecified atom stereocenters. The minimum absolute atomic E-state index is 0.128. The number of carbonyl (C=O) groups is 1. The van der Waals surface area contributed by atoms with Gasteiger partial charge in [0.05, 0.1) is 11.0 Å². The Morgan fingerprint density at radius 1 is 1.42 bits per heavy atom. The summed E-state index contributed by atoms with van der Waals surface area (Å²) in [6, 6.07) is 6.15. The maximum absolute atomic E-state index is 12.8. The monoisotopic (exact) mass is 345 g/mol. The van der Waals surface area contributed by atoms with Gasteiger partial charge in [-0.3, -0.25) is 9.48 Å². The Hall–Kier alpha value is -1.40. The molecule has 19 heavy (non-hydrogen) atoms. The first kappa shape index (κ1) is 14.0. The summed E-state index contributed by atoms with van der Waals surface area (Å²) < 4.78 is 15.1. The Bertz CT molecular complexity index is 585. The van der Waals surface area contributed by atoms with Gasteiger partial charge in [-0.2, -0.15) is 5.10 Å². The van der Waals surface area contributed by atoms with Gasteiger partial charge in [0.15, 0.2) is 5.82 Å². The van der Waals surface area contributed by atoms with E-state index in [1.165, 1.54) is 12.1 Å². The SMILES string of the molecule is O=C(CCl)Nc1nn(Cc2ccc(F)cc2)cc1Br. The Morgan fingerprint density at radius 2 is 2.11 bits per heavy atom. The molecule has 0 bridgehead atoms. The van der Waals surface area contributed by atoms with Gasteiger partial charge >= 0.3 is 0 Å². The van der Waals surface area contributed by atoms with E-state index in [0.717, 1.165) is 5.56 Å². The number of carbonyl (C=O) groups excluding carboxylic acids is 1. The summed E-state index contributed by atoms with van der Waals surface area (Å²) in [6.45, 7) is 0.482. The molecule has 0 aliphatic rings. The lowest BCUT2D eigenvalue weighted by molar-refractivity contribution is -0.113. The van der Waals surface area contributed by atoms with E-state index in [2.05, 4.69) is 26.3 Å². The van der Waals surface area contributed by atoms with E-state index in [1.54, 1.807) is 23.0 Å². The summed E-state index contributed by atoms with van der Waals surface area (Å²) >= 11 is 8.71. The fourth-order valence-electron chi connectivity index (χ4n) is 1.51. The van der Waals surface area contributed by atoms with Crippen LogP contribution in [-0.4, -0.2) is 21.6 Å². The highest BCUT2D eigenvalue weighted by Crippen LogP contribution is 2.20. The number of halogens is 3. The molecular formula is C12H10BrClFN3O. The van der Waals surface area contributed by atoms with Crippen molar-refractivity contribution in [2.75, 3.05) is 11.2 Å². The standard InChI is InChI=1S/C12H10BrClFN3O/c13-10-7-18(17-12(10)16-11(19)5-14)6-8-1-3-9(15)4-2-8/h1-4,7H,5-6H2,(H,16,17,19). The molecule has 1 aromatic carbocycles.